The van der Waals surface area contributed by atoms with Gasteiger partial charge in [0.05, 0.1) is 11.4 Å². The number of hydrogen-bond donors (Lipinski definition) is 1. The summed E-state index contributed by atoms with van der Waals surface area (Å²) in [4.78, 5) is 9.64. The number of benzene rings is 1. The Kier molecular flexibility index (Phi) is 5.64. The summed E-state index contributed by atoms with van der Waals surface area (Å²) >= 11 is 0. The van der Waals surface area contributed by atoms with Crippen molar-refractivity contribution < 1.29 is 0 Å². The first-order valence-electron chi connectivity index (χ1n) is 10.1. The molecule has 0 bridgehead atoms. The van der Waals surface area contributed by atoms with E-state index in [1.54, 1.807) is 0 Å². The van der Waals surface area contributed by atoms with Crippen LogP contribution in [0.3, 0.4) is 0 Å². The molecule has 1 fully saturated rings. The highest BCUT2D eigenvalue weighted by Gasteiger charge is 2.34. The SMILES string of the molecule is CC/N=C1/CC(C)(C)C(c2ccc(C3CCCCC3)cc2)=N/C1=C(/C)N. The van der Waals surface area contributed by atoms with E-state index in [-0.39, 0.29) is 5.41 Å². The molecule has 2 N–H and O–H groups in total. The first-order valence-corrected chi connectivity index (χ1v) is 10.1. The van der Waals surface area contributed by atoms with Crippen molar-refractivity contribution in [3.63, 3.8) is 0 Å². The molecular formula is C23H33N3. The van der Waals surface area contributed by atoms with Gasteiger partial charge in [0.25, 0.3) is 0 Å². The molecule has 1 heterocycles. The first-order chi connectivity index (χ1) is 12.4. The molecule has 140 valence electrons. The lowest BCUT2D eigenvalue weighted by Crippen LogP contribution is -2.34. The fraction of sp³-hybridized carbons (Fsp3) is 0.565. The smallest absolute Gasteiger partial charge is 0.103 e. The van der Waals surface area contributed by atoms with E-state index in [2.05, 4.69) is 50.0 Å². The summed E-state index contributed by atoms with van der Waals surface area (Å²) in [5.41, 5.74) is 12.6. The highest BCUT2D eigenvalue weighted by molar-refractivity contribution is 6.15. The van der Waals surface area contributed by atoms with Crippen molar-refractivity contribution in [2.75, 3.05) is 6.54 Å². The Morgan fingerprint density at radius 1 is 1.15 bits per heavy atom. The van der Waals surface area contributed by atoms with E-state index in [0.717, 1.165) is 41.7 Å². The van der Waals surface area contributed by atoms with Crippen LogP contribution in [0.25, 0.3) is 0 Å². The molecule has 3 rings (SSSR count). The van der Waals surface area contributed by atoms with Crippen molar-refractivity contribution in [2.24, 2.45) is 21.1 Å². The second kappa shape index (κ2) is 7.77. The second-order valence-electron chi connectivity index (χ2n) is 8.43. The second-order valence-corrected chi connectivity index (χ2v) is 8.43. The number of allylic oxidation sites excluding steroid dienone is 2. The summed E-state index contributed by atoms with van der Waals surface area (Å²) in [5, 5.41) is 0. The molecule has 1 aromatic carbocycles. The van der Waals surface area contributed by atoms with Crippen molar-refractivity contribution >= 4 is 11.4 Å². The third kappa shape index (κ3) is 3.92. The van der Waals surface area contributed by atoms with Crippen molar-refractivity contribution in [3.8, 4) is 0 Å². The molecule has 0 spiro atoms. The van der Waals surface area contributed by atoms with Crippen LogP contribution in [0.1, 0.15) is 83.3 Å². The van der Waals surface area contributed by atoms with Crippen LogP contribution in [-0.2, 0) is 0 Å². The van der Waals surface area contributed by atoms with Gasteiger partial charge in [-0.05, 0) is 43.7 Å². The van der Waals surface area contributed by atoms with Gasteiger partial charge in [-0.15, -0.1) is 0 Å². The Bertz CT molecular complexity index is 725. The maximum atomic E-state index is 6.13. The summed E-state index contributed by atoms with van der Waals surface area (Å²) in [6.07, 6.45) is 7.69. The highest BCUT2D eigenvalue weighted by Crippen LogP contribution is 2.36. The Hall–Kier alpha value is -1.90. The van der Waals surface area contributed by atoms with Crippen molar-refractivity contribution in [1.29, 1.82) is 0 Å². The zero-order valence-corrected chi connectivity index (χ0v) is 16.8. The average molecular weight is 352 g/mol. The zero-order chi connectivity index (χ0) is 18.7. The minimum absolute atomic E-state index is 0.0424. The maximum absolute atomic E-state index is 6.13. The van der Waals surface area contributed by atoms with E-state index >= 15 is 0 Å². The summed E-state index contributed by atoms with van der Waals surface area (Å²) in [6.45, 7) is 9.27. The third-order valence-corrected chi connectivity index (χ3v) is 5.73. The van der Waals surface area contributed by atoms with E-state index in [0.29, 0.717) is 0 Å². The van der Waals surface area contributed by atoms with Gasteiger partial charge in [-0.2, -0.15) is 0 Å². The van der Waals surface area contributed by atoms with Gasteiger partial charge in [0.2, 0.25) is 0 Å². The lowest BCUT2D eigenvalue weighted by atomic mass is 9.75. The molecule has 1 aliphatic carbocycles. The predicted molar refractivity (Wildman–Crippen MR) is 112 cm³/mol. The molecule has 3 heteroatoms. The largest absolute Gasteiger partial charge is 0.400 e. The van der Waals surface area contributed by atoms with Crippen LogP contribution in [0.4, 0.5) is 0 Å². The molecule has 1 aromatic rings. The fourth-order valence-electron chi connectivity index (χ4n) is 4.36. The molecule has 0 aromatic heterocycles. The van der Waals surface area contributed by atoms with E-state index in [9.17, 15) is 0 Å². The van der Waals surface area contributed by atoms with E-state index in [1.165, 1.54) is 43.2 Å². The molecule has 0 radical (unpaired) electrons. The number of nitrogens with zero attached hydrogens (tertiary/aromatic N) is 2. The quantitative estimate of drug-likeness (QED) is 0.756. The number of hydrogen-bond acceptors (Lipinski definition) is 3. The van der Waals surface area contributed by atoms with Gasteiger partial charge in [-0.3, -0.25) is 4.99 Å². The standard InChI is InChI=1S/C23H33N3/c1-5-25-20-15-23(3,4)22(26-21(20)16(2)24)19-13-11-18(12-14-19)17-9-7-6-8-10-17/h11-14,17H,5-10,15,24H2,1-4H3/b21-16-,25-20-. The molecule has 1 aliphatic heterocycles. The van der Waals surface area contributed by atoms with Gasteiger partial charge in [0, 0.05) is 24.1 Å². The van der Waals surface area contributed by atoms with Crippen LogP contribution in [0.15, 0.2) is 45.6 Å². The van der Waals surface area contributed by atoms with Crippen LogP contribution in [0.5, 0.6) is 0 Å². The molecule has 0 atom stereocenters. The lowest BCUT2D eigenvalue weighted by molar-refractivity contribution is 0.443. The van der Waals surface area contributed by atoms with Crippen LogP contribution in [-0.4, -0.2) is 18.0 Å². The van der Waals surface area contributed by atoms with Crippen molar-refractivity contribution in [2.45, 2.75) is 72.1 Å². The van der Waals surface area contributed by atoms with Crippen LogP contribution >= 0.6 is 0 Å². The molecule has 1 saturated carbocycles. The molecule has 0 amide bonds. The normalized spacial score (nSPS) is 24.5. The van der Waals surface area contributed by atoms with Crippen LogP contribution in [0, 0.1) is 5.41 Å². The Labute approximate surface area is 158 Å². The molecule has 2 aliphatic rings. The summed E-state index contributed by atoms with van der Waals surface area (Å²) in [5.74, 6) is 0.740. The minimum Gasteiger partial charge on any atom is -0.400 e. The molecule has 3 nitrogen and oxygen atoms in total. The van der Waals surface area contributed by atoms with Crippen LogP contribution < -0.4 is 5.73 Å². The van der Waals surface area contributed by atoms with E-state index < -0.39 is 0 Å². The number of rotatable bonds is 3. The molecule has 0 saturated heterocycles. The zero-order valence-electron chi connectivity index (χ0n) is 16.8. The average Bonchev–Trinajstić information content (AvgIpc) is 2.62. The number of nitrogens with two attached hydrogens (primary N) is 1. The van der Waals surface area contributed by atoms with Gasteiger partial charge in [0.15, 0.2) is 0 Å². The van der Waals surface area contributed by atoms with Gasteiger partial charge < -0.3 is 5.73 Å². The predicted octanol–water partition coefficient (Wildman–Crippen LogP) is 5.60. The summed E-state index contributed by atoms with van der Waals surface area (Å²) in [7, 11) is 0. The van der Waals surface area contributed by atoms with Gasteiger partial charge in [-0.25, -0.2) is 4.99 Å². The minimum atomic E-state index is -0.0424. The highest BCUT2D eigenvalue weighted by atomic mass is 14.9. The Balaban J connectivity index is 1.95. The van der Waals surface area contributed by atoms with E-state index in [4.69, 9.17) is 10.7 Å². The topological polar surface area (TPSA) is 50.7 Å². The Morgan fingerprint density at radius 3 is 2.38 bits per heavy atom. The molecule has 0 unspecified atom stereocenters. The molecular weight excluding hydrogens is 318 g/mol. The lowest BCUT2D eigenvalue weighted by Gasteiger charge is -2.33. The van der Waals surface area contributed by atoms with Gasteiger partial charge in [-0.1, -0.05) is 57.4 Å². The number of aliphatic imine (C=N–C) groups is 2. The third-order valence-electron chi connectivity index (χ3n) is 5.73. The van der Waals surface area contributed by atoms with Crippen molar-refractivity contribution in [3.05, 3.63) is 46.8 Å². The summed E-state index contributed by atoms with van der Waals surface area (Å²) < 4.78 is 0. The van der Waals surface area contributed by atoms with Crippen LogP contribution in [0.2, 0.25) is 0 Å². The maximum Gasteiger partial charge on any atom is 0.103 e. The fourth-order valence-corrected chi connectivity index (χ4v) is 4.36. The van der Waals surface area contributed by atoms with Crippen molar-refractivity contribution in [1.82, 2.24) is 0 Å². The van der Waals surface area contributed by atoms with Gasteiger partial charge >= 0.3 is 0 Å². The first kappa shape index (κ1) is 18.9. The van der Waals surface area contributed by atoms with E-state index in [1.807, 2.05) is 6.92 Å². The monoisotopic (exact) mass is 351 g/mol. The Morgan fingerprint density at radius 2 is 1.81 bits per heavy atom. The summed E-state index contributed by atoms with van der Waals surface area (Å²) in [6, 6.07) is 9.16. The molecule has 26 heavy (non-hydrogen) atoms. The van der Waals surface area contributed by atoms with Gasteiger partial charge in [0.1, 0.15) is 5.70 Å².